The van der Waals surface area contributed by atoms with E-state index >= 15 is 0 Å². The Hall–Kier alpha value is -2.53. The van der Waals surface area contributed by atoms with Gasteiger partial charge in [0.2, 0.25) is 10.0 Å². The first-order valence-corrected chi connectivity index (χ1v) is 13.3. The topological polar surface area (TPSA) is 65.1 Å². The number of nitrogens with zero attached hydrogens (tertiary/aromatic N) is 1. The van der Waals surface area contributed by atoms with E-state index in [-0.39, 0.29) is 47.0 Å². The molecule has 4 nitrogen and oxygen atoms in total. The Kier molecular flexibility index (Phi) is 6.51. The number of hydrogen-bond acceptors (Lipinski definition) is 2. The van der Waals surface area contributed by atoms with Gasteiger partial charge in [-0.25, -0.2) is 13.6 Å². The molecule has 0 saturated heterocycles. The van der Waals surface area contributed by atoms with Crippen molar-refractivity contribution in [3.8, 4) is 11.1 Å². The summed E-state index contributed by atoms with van der Waals surface area (Å²) in [6.45, 7) is 5.88. The summed E-state index contributed by atoms with van der Waals surface area (Å²) in [5.41, 5.74) is -1.12. The Labute approximate surface area is 211 Å². The van der Waals surface area contributed by atoms with Crippen LogP contribution in [0.25, 0.3) is 22.0 Å². The molecule has 0 aliphatic heterocycles. The second-order valence-electron chi connectivity index (χ2n) is 11.0. The van der Waals surface area contributed by atoms with Gasteiger partial charge < -0.3 is 4.57 Å². The molecular weight excluding hydrogens is 518 g/mol. The van der Waals surface area contributed by atoms with Crippen LogP contribution in [0.3, 0.4) is 0 Å². The highest BCUT2D eigenvalue weighted by Crippen LogP contribution is 2.56. The minimum Gasteiger partial charge on any atom is -0.347 e. The van der Waals surface area contributed by atoms with Crippen LogP contribution >= 0.6 is 0 Å². The van der Waals surface area contributed by atoms with Gasteiger partial charge in [0.25, 0.3) is 0 Å². The fourth-order valence-corrected chi connectivity index (χ4v) is 6.81. The van der Waals surface area contributed by atoms with Crippen molar-refractivity contribution in [1.82, 2.24) is 4.57 Å². The molecule has 1 aliphatic carbocycles. The van der Waals surface area contributed by atoms with E-state index in [1.54, 1.807) is 4.57 Å². The molecule has 11 heteroatoms. The van der Waals surface area contributed by atoms with Gasteiger partial charge in [0.15, 0.2) is 0 Å². The number of hydrogen-bond donors (Lipinski definition) is 1. The summed E-state index contributed by atoms with van der Waals surface area (Å²) in [7, 11) is -4.58. The molecular formula is C26H28F6N2O2S. The van der Waals surface area contributed by atoms with Crippen molar-refractivity contribution in [2.24, 2.45) is 10.6 Å². The molecule has 2 aromatic carbocycles. The van der Waals surface area contributed by atoms with Crippen LogP contribution in [-0.2, 0) is 22.7 Å². The fraction of sp³-hybridized carbons (Fsp3) is 0.462. The van der Waals surface area contributed by atoms with E-state index in [1.165, 1.54) is 42.6 Å². The zero-order chi connectivity index (χ0) is 27.6. The maximum absolute atomic E-state index is 14.6. The van der Waals surface area contributed by atoms with Gasteiger partial charge in [-0.3, -0.25) is 0 Å². The Balaban J connectivity index is 2.01. The standard InChI is InChI=1S/C26H28F6N2O2S/c1-23(2,3)15-34-14-19(22(26(30,31)32)24(11-6-12-24)37(33,35)36)18-10-9-16(13-21(18)34)17-7-4-5-8-20(17)25(27,28)29/h4-5,7-10,13-14,22H,6,11-12,15H2,1-3H3,(H2,33,35,36)/t22-/m1/s1. The Morgan fingerprint density at radius 1 is 1.00 bits per heavy atom. The first-order valence-electron chi connectivity index (χ1n) is 11.7. The zero-order valence-electron chi connectivity index (χ0n) is 20.5. The van der Waals surface area contributed by atoms with Crippen LogP contribution in [0.4, 0.5) is 26.3 Å². The van der Waals surface area contributed by atoms with Crippen LogP contribution < -0.4 is 5.14 Å². The SMILES string of the molecule is CC(C)(C)Cn1cc([C@@H](C(F)(F)F)C2(S(N)(=O)=O)CCC2)c2ccc(-c3ccccc3C(F)(F)F)cc21. The average molecular weight is 547 g/mol. The zero-order valence-corrected chi connectivity index (χ0v) is 21.4. The van der Waals surface area contributed by atoms with E-state index in [1.807, 2.05) is 20.8 Å². The number of benzene rings is 2. The van der Waals surface area contributed by atoms with Gasteiger partial charge in [-0.1, -0.05) is 57.5 Å². The van der Waals surface area contributed by atoms with Gasteiger partial charge in [-0.2, -0.15) is 26.3 Å². The molecule has 1 saturated carbocycles. The lowest BCUT2D eigenvalue weighted by atomic mass is 9.71. The van der Waals surface area contributed by atoms with E-state index in [2.05, 4.69) is 0 Å². The molecule has 1 atom stereocenters. The molecule has 1 aromatic heterocycles. The molecule has 202 valence electrons. The lowest BCUT2D eigenvalue weighted by Gasteiger charge is -2.45. The lowest BCUT2D eigenvalue weighted by molar-refractivity contribution is -0.163. The van der Waals surface area contributed by atoms with Gasteiger partial charge in [0.1, 0.15) is 10.7 Å². The predicted molar refractivity (Wildman–Crippen MR) is 130 cm³/mol. The smallest absolute Gasteiger partial charge is 0.347 e. The fourth-order valence-electron chi connectivity index (χ4n) is 5.36. The van der Waals surface area contributed by atoms with Crippen molar-refractivity contribution in [3.05, 3.63) is 59.8 Å². The van der Waals surface area contributed by atoms with Gasteiger partial charge in [-0.05, 0) is 47.1 Å². The van der Waals surface area contributed by atoms with E-state index in [9.17, 15) is 34.8 Å². The van der Waals surface area contributed by atoms with Crippen molar-refractivity contribution >= 4 is 20.9 Å². The van der Waals surface area contributed by atoms with Crippen molar-refractivity contribution in [1.29, 1.82) is 0 Å². The minimum absolute atomic E-state index is 0.102. The molecule has 3 aromatic rings. The molecule has 0 radical (unpaired) electrons. The van der Waals surface area contributed by atoms with Gasteiger partial charge in [0, 0.05) is 23.6 Å². The van der Waals surface area contributed by atoms with Crippen LogP contribution in [0, 0.1) is 5.41 Å². The molecule has 1 aliphatic rings. The summed E-state index contributed by atoms with van der Waals surface area (Å²) < 4.78 is 109. The van der Waals surface area contributed by atoms with Crippen LogP contribution in [0.1, 0.15) is 57.1 Å². The molecule has 0 unspecified atom stereocenters. The van der Waals surface area contributed by atoms with Crippen LogP contribution in [0.5, 0.6) is 0 Å². The van der Waals surface area contributed by atoms with Crippen molar-refractivity contribution in [2.75, 3.05) is 0 Å². The molecule has 1 fully saturated rings. The van der Waals surface area contributed by atoms with Crippen molar-refractivity contribution < 1.29 is 34.8 Å². The summed E-state index contributed by atoms with van der Waals surface area (Å²) in [6, 6.07) is 9.12. The number of alkyl halides is 6. The molecule has 0 amide bonds. The number of aromatic nitrogens is 1. The molecule has 37 heavy (non-hydrogen) atoms. The number of primary sulfonamides is 1. The van der Waals surface area contributed by atoms with E-state index in [0.717, 1.165) is 6.07 Å². The maximum atomic E-state index is 14.6. The van der Waals surface area contributed by atoms with Gasteiger partial charge in [0.05, 0.1) is 5.56 Å². The monoisotopic (exact) mass is 546 g/mol. The maximum Gasteiger partial charge on any atom is 0.417 e. The predicted octanol–water partition coefficient (Wildman–Crippen LogP) is 7.23. The molecule has 4 rings (SSSR count). The highest BCUT2D eigenvalue weighted by atomic mass is 32.2. The lowest BCUT2D eigenvalue weighted by Crippen LogP contribution is -2.57. The second kappa shape index (κ2) is 8.76. The number of nitrogens with two attached hydrogens (primary N) is 1. The Bertz CT molecular complexity index is 1430. The molecule has 1 heterocycles. The third-order valence-electron chi connectivity index (χ3n) is 7.03. The van der Waals surface area contributed by atoms with Gasteiger partial charge >= 0.3 is 12.4 Å². The number of sulfonamides is 1. The summed E-state index contributed by atoms with van der Waals surface area (Å²) in [5, 5.41) is 5.51. The molecule has 0 spiro atoms. The quantitative estimate of drug-likeness (QED) is 0.343. The second-order valence-corrected chi connectivity index (χ2v) is 12.9. The summed E-state index contributed by atoms with van der Waals surface area (Å²) in [4.78, 5) is 0. The van der Waals surface area contributed by atoms with E-state index < -0.39 is 44.0 Å². The number of rotatable bonds is 5. The van der Waals surface area contributed by atoms with E-state index in [4.69, 9.17) is 5.14 Å². The highest BCUT2D eigenvalue weighted by molar-refractivity contribution is 7.90. The summed E-state index contributed by atoms with van der Waals surface area (Å²) in [6.07, 6.45) is -8.41. The van der Waals surface area contributed by atoms with Crippen LogP contribution in [-0.4, -0.2) is 23.9 Å². The highest BCUT2D eigenvalue weighted by Gasteiger charge is 2.63. The van der Waals surface area contributed by atoms with Gasteiger partial charge in [-0.15, -0.1) is 0 Å². The summed E-state index contributed by atoms with van der Waals surface area (Å²) >= 11 is 0. The van der Waals surface area contributed by atoms with Crippen LogP contribution in [0.2, 0.25) is 0 Å². The minimum atomic E-state index is -4.92. The van der Waals surface area contributed by atoms with Crippen molar-refractivity contribution in [3.63, 3.8) is 0 Å². The van der Waals surface area contributed by atoms with Crippen molar-refractivity contribution in [2.45, 2.75) is 69.6 Å². The van der Waals surface area contributed by atoms with Crippen LogP contribution in [0.15, 0.2) is 48.7 Å². The first kappa shape index (κ1) is 27.5. The normalized spacial score (nSPS) is 17.6. The summed E-state index contributed by atoms with van der Waals surface area (Å²) in [5.74, 6) is -2.37. The Morgan fingerprint density at radius 2 is 1.62 bits per heavy atom. The van der Waals surface area contributed by atoms with E-state index in [0.29, 0.717) is 6.42 Å². The number of fused-ring (bicyclic) bond motifs is 1. The largest absolute Gasteiger partial charge is 0.417 e. The Morgan fingerprint density at radius 3 is 2.11 bits per heavy atom. The average Bonchev–Trinajstić information content (AvgIpc) is 3.03. The molecule has 2 N–H and O–H groups in total. The third kappa shape index (κ3) is 4.99. The first-order chi connectivity index (χ1) is 16.9. The third-order valence-corrected chi connectivity index (χ3v) is 8.81. The molecule has 0 bridgehead atoms. The number of halogens is 6.